The number of imidazole rings is 1. The van der Waals surface area contributed by atoms with Crippen molar-refractivity contribution in [3.8, 4) is 5.88 Å². The molecule has 0 aliphatic carbocycles. The van der Waals surface area contributed by atoms with Crippen molar-refractivity contribution >= 4 is 0 Å². The summed E-state index contributed by atoms with van der Waals surface area (Å²) in [5.41, 5.74) is -0.242. The minimum Gasteiger partial charge on any atom is -0.493 e. The van der Waals surface area contributed by atoms with Gasteiger partial charge in [-0.15, -0.1) is 0 Å². The Bertz CT molecular complexity index is 298. The summed E-state index contributed by atoms with van der Waals surface area (Å²) in [7, 11) is 0. The van der Waals surface area contributed by atoms with Gasteiger partial charge in [-0.25, -0.2) is 4.79 Å². The van der Waals surface area contributed by atoms with E-state index in [1.54, 1.807) is 0 Å². The lowest BCUT2D eigenvalue weighted by Crippen LogP contribution is -2.16. The van der Waals surface area contributed by atoms with Crippen LogP contribution in [0, 0.1) is 5.92 Å². The van der Waals surface area contributed by atoms with E-state index in [0.717, 1.165) is 6.42 Å². The monoisotopic (exact) mass is 170 g/mol. The molecule has 0 aliphatic heterocycles. The van der Waals surface area contributed by atoms with Crippen LogP contribution in [0.5, 0.6) is 5.88 Å². The molecule has 2 N–H and O–H groups in total. The van der Waals surface area contributed by atoms with Crippen LogP contribution in [0.15, 0.2) is 11.0 Å². The van der Waals surface area contributed by atoms with Crippen LogP contribution >= 0.6 is 0 Å². The molecular weight excluding hydrogens is 156 g/mol. The molecule has 0 aliphatic rings. The highest BCUT2D eigenvalue weighted by molar-refractivity contribution is 5.00. The van der Waals surface area contributed by atoms with Gasteiger partial charge in [-0.2, -0.15) is 0 Å². The van der Waals surface area contributed by atoms with Gasteiger partial charge in [0.2, 0.25) is 5.88 Å². The number of H-pyrrole nitrogens is 1. The Labute approximate surface area is 70.9 Å². The van der Waals surface area contributed by atoms with Crippen LogP contribution in [0.1, 0.15) is 20.3 Å². The van der Waals surface area contributed by atoms with E-state index in [2.05, 4.69) is 18.8 Å². The lowest BCUT2D eigenvalue weighted by molar-refractivity contribution is 0.453. The average Bonchev–Trinajstić information content (AvgIpc) is 2.26. The van der Waals surface area contributed by atoms with Gasteiger partial charge in [0.1, 0.15) is 0 Å². The van der Waals surface area contributed by atoms with Gasteiger partial charge in [0.15, 0.2) is 0 Å². The van der Waals surface area contributed by atoms with Crippen molar-refractivity contribution in [3.05, 3.63) is 16.7 Å². The molecule has 0 spiro atoms. The number of aromatic hydroxyl groups is 1. The normalized spacial score (nSPS) is 10.9. The molecular formula is C8H14N2O2. The topological polar surface area (TPSA) is 58.0 Å². The predicted octanol–water partition coefficient (Wildman–Crippen LogP) is 0.928. The SMILES string of the molecule is CC(C)CCn1cc(O)[nH]c1=O. The van der Waals surface area contributed by atoms with Gasteiger partial charge in [-0.05, 0) is 12.3 Å². The average molecular weight is 170 g/mol. The Kier molecular flexibility index (Phi) is 2.58. The number of aryl methyl sites for hydroxylation is 1. The highest BCUT2D eigenvalue weighted by Crippen LogP contribution is 2.03. The second-order valence-electron chi connectivity index (χ2n) is 3.32. The van der Waals surface area contributed by atoms with E-state index in [1.807, 2.05) is 0 Å². The summed E-state index contributed by atoms with van der Waals surface area (Å²) < 4.78 is 1.48. The number of nitrogens with one attached hydrogen (secondary N) is 1. The van der Waals surface area contributed by atoms with Gasteiger partial charge in [0, 0.05) is 6.54 Å². The molecule has 68 valence electrons. The van der Waals surface area contributed by atoms with Crippen LogP contribution in [0.4, 0.5) is 0 Å². The molecule has 0 bridgehead atoms. The zero-order valence-electron chi connectivity index (χ0n) is 7.37. The maximum absolute atomic E-state index is 11.0. The minimum absolute atomic E-state index is 0.0660. The summed E-state index contributed by atoms with van der Waals surface area (Å²) in [5, 5.41) is 8.92. The van der Waals surface area contributed by atoms with Crippen LogP contribution in [0.2, 0.25) is 0 Å². The third kappa shape index (κ3) is 2.15. The molecule has 0 aromatic carbocycles. The fourth-order valence-corrected chi connectivity index (χ4v) is 0.983. The molecule has 1 rings (SSSR count). The van der Waals surface area contributed by atoms with Crippen molar-refractivity contribution in [1.82, 2.24) is 9.55 Å². The Morgan fingerprint density at radius 2 is 2.33 bits per heavy atom. The molecule has 0 amide bonds. The Morgan fingerprint density at radius 1 is 1.67 bits per heavy atom. The zero-order chi connectivity index (χ0) is 9.14. The van der Waals surface area contributed by atoms with Crippen LogP contribution in [0.3, 0.4) is 0 Å². The smallest absolute Gasteiger partial charge is 0.328 e. The fourth-order valence-electron chi connectivity index (χ4n) is 0.983. The number of hydrogen-bond acceptors (Lipinski definition) is 2. The first-order chi connectivity index (χ1) is 5.59. The predicted molar refractivity (Wildman–Crippen MR) is 46.2 cm³/mol. The summed E-state index contributed by atoms with van der Waals surface area (Å²) in [5.74, 6) is 0.498. The van der Waals surface area contributed by atoms with Gasteiger partial charge >= 0.3 is 5.69 Å². The first-order valence-electron chi connectivity index (χ1n) is 4.08. The van der Waals surface area contributed by atoms with Gasteiger partial charge in [-0.3, -0.25) is 9.55 Å². The number of nitrogens with zero attached hydrogens (tertiary/aromatic N) is 1. The van der Waals surface area contributed by atoms with Crippen LogP contribution < -0.4 is 5.69 Å². The number of aromatic amines is 1. The number of rotatable bonds is 3. The molecule has 0 unspecified atom stereocenters. The molecule has 1 aromatic heterocycles. The third-order valence-electron chi connectivity index (χ3n) is 1.72. The van der Waals surface area contributed by atoms with Crippen molar-refractivity contribution in [3.63, 3.8) is 0 Å². The van der Waals surface area contributed by atoms with E-state index in [-0.39, 0.29) is 11.6 Å². The molecule has 4 heteroatoms. The van der Waals surface area contributed by atoms with E-state index in [9.17, 15) is 4.79 Å². The molecule has 0 saturated heterocycles. The van der Waals surface area contributed by atoms with Crippen LogP contribution in [0.25, 0.3) is 0 Å². The Hall–Kier alpha value is -1.19. The number of hydrogen-bond donors (Lipinski definition) is 2. The standard InChI is InChI=1S/C8H14N2O2/c1-6(2)3-4-10-5-7(11)9-8(10)12/h5-6,11H,3-4H2,1-2H3,(H,9,12). The maximum atomic E-state index is 11.0. The van der Waals surface area contributed by atoms with Gasteiger partial charge in [0.25, 0.3) is 0 Å². The Morgan fingerprint density at radius 3 is 2.75 bits per heavy atom. The summed E-state index contributed by atoms with van der Waals surface area (Å²) in [4.78, 5) is 13.3. The molecule has 1 aromatic rings. The van der Waals surface area contributed by atoms with Gasteiger partial charge in [0.05, 0.1) is 6.20 Å². The molecule has 4 nitrogen and oxygen atoms in total. The summed E-state index contributed by atoms with van der Waals surface area (Å²) >= 11 is 0. The van der Waals surface area contributed by atoms with E-state index in [1.165, 1.54) is 10.8 Å². The second kappa shape index (κ2) is 3.47. The molecule has 12 heavy (non-hydrogen) atoms. The largest absolute Gasteiger partial charge is 0.493 e. The molecule has 1 heterocycles. The van der Waals surface area contributed by atoms with Crippen molar-refractivity contribution in [2.24, 2.45) is 5.92 Å². The number of aromatic nitrogens is 2. The molecule has 0 fully saturated rings. The lowest BCUT2D eigenvalue weighted by atomic mass is 10.1. The van der Waals surface area contributed by atoms with E-state index in [0.29, 0.717) is 12.5 Å². The van der Waals surface area contributed by atoms with Crippen molar-refractivity contribution in [2.75, 3.05) is 0 Å². The van der Waals surface area contributed by atoms with E-state index >= 15 is 0 Å². The van der Waals surface area contributed by atoms with Crippen LogP contribution in [-0.4, -0.2) is 14.7 Å². The second-order valence-corrected chi connectivity index (χ2v) is 3.32. The fraction of sp³-hybridized carbons (Fsp3) is 0.625. The van der Waals surface area contributed by atoms with Crippen molar-refractivity contribution < 1.29 is 5.11 Å². The quantitative estimate of drug-likeness (QED) is 0.709. The molecule has 0 atom stereocenters. The van der Waals surface area contributed by atoms with Crippen molar-refractivity contribution in [2.45, 2.75) is 26.8 Å². The highest BCUT2D eigenvalue weighted by atomic mass is 16.3. The molecule has 0 radical (unpaired) electrons. The third-order valence-corrected chi connectivity index (χ3v) is 1.72. The van der Waals surface area contributed by atoms with Crippen LogP contribution in [-0.2, 0) is 6.54 Å². The zero-order valence-corrected chi connectivity index (χ0v) is 7.37. The van der Waals surface area contributed by atoms with E-state index in [4.69, 9.17) is 5.11 Å². The summed E-state index contributed by atoms with van der Waals surface area (Å²) in [6.07, 6.45) is 2.36. The molecule has 0 saturated carbocycles. The highest BCUT2D eigenvalue weighted by Gasteiger charge is 2.01. The first-order valence-corrected chi connectivity index (χ1v) is 4.08. The van der Waals surface area contributed by atoms with E-state index < -0.39 is 0 Å². The summed E-state index contributed by atoms with van der Waals surface area (Å²) in [6, 6.07) is 0. The van der Waals surface area contributed by atoms with Gasteiger partial charge in [-0.1, -0.05) is 13.8 Å². The first kappa shape index (κ1) is 8.90. The lowest BCUT2D eigenvalue weighted by Gasteiger charge is -2.02. The van der Waals surface area contributed by atoms with Crippen molar-refractivity contribution in [1.29, 1.82) is 0 Å². The van der Waals surface area contributed by atoms with Gasteiger partial charge < -0.3 is 5.11 Å². The summed E-state index contributed by atoms with van der Waals surface area (Å²) in [6.45, 7) is 4.85. The maximum Gasteiger partial charge on any atom is 0.328 e. The Balaban J connectivity index is 2.63. The minimum atomic E-state index is -0.242.